The van der Waals surface area contributed by atoms with Gasteiger partial charge in [0.25, 0.3) is 0 Å². The second kappa shape index (κ2) is 3.95. The SMILES string of the molecule is CCCC=Cc1cnn(C)c1N. The molecule has 0 unspecified atom stereocenters. The predicted molar refractivity (Wildman–Crippen MR) is 51.6 cm³/mol. The monoisotopic (exact) mass is 165 g/mol. The van der Waals surface area contributed by atoms with Crippen LogP contribution in [0.15, 0.2) is 12.3 Å². The molecule has 1 rings (SSSR count). The van der Waals surface area contributed by atoms with Crippen molar-refractivity contribution in [1.29, 1.82) is 0 Å². The summed E-state index contributed by atoms with van der Waals surface area (Å²) in [6.07, 6.45) is 8.17. The number of nitrogens with zero attached hydrogens (tertiary/aromatic N) is 2. The fraction of sp³-hybridized carbons (Fsp3) is 0.444. The third kappa shape index (κ3) is 1.87. The number of nitrogens with two attached hydrogens (primary N) is 1. The minimum atomic E-state index is 0.724. The van der Waals surface area contributed by atoms with Gasteiger partial charge in [-0.3, -0.25) is 4.68 Å². The number of anilines is 1. The maximum atomic E-state index is 5.73. The van der Waals surface area contributed by atoms with E-state index in [4.69, 9.17) is 5.73 Å². The van der Waals surface area contributed by atoms with Crippen molar-refractivity contribution in [2.75, 3.05) is 5.73 Å². The minimum Gasteiger partial charge on any atom is -0.383 e. The molecular weight excluding hydrogens is 150 g/mol. The molecule has 0 aliphatic rings. The lowest BCUT2D eigenvalue weighted by Crippen LogP contribution is -1.97. The normalized spacial score (nSPS) is 11.2. The summed E-state index contributed by atoms with van der Waals surface area (Å²) in [5.74, 6) is 0.724. The second-order valence-corrected chi connectivity index (χ2v) is 2.80. The molecule has 0 amide bonds. The average molecular weight is 165 g/mol. The quantitative estimate of drug-likeness (QED) is 0.742. The molecule has 1 aromatic heterocycles. The summed E-state index contributed by atoms with van der Waals surface area (Å²) in [7, 11) is 1.84. The van der Waals surface area contributed by atoms with Gasteiger partial charge in [-0.2, -0.15) is 5.10 Å². The number of allylic oxidation sites excluding steroid dienone is 1. The summed E-state index contributed by atoms with van der Waals surface area (Å²) in [6, 6.07) is 0. The highest BCUT2D eigenvalue weighted by molar-refractivity contribution is 5.60. The van der Waals surface area contributed by atoms with Gasteiger partial charge in [-0.15, -0.1) is 0 Å². The number of hydrogen-bond donors (Lipinski definition) is 1. The largest absolute Gasteiger partial charge is 0.383 e. The fourth-order valence-electron chi connectivity index (χ4n) is 0.969. The third-order valence-corrected chi connectivity index (χ3v) is 1.77. The average Bonchev–Trinajstić information content (AvgIpc) is 2.36. The molecule has 0 radical (unpaired) electrons. The maximum absolute atomic E-state index is 5.73. The highest BCUT2D eigenvalue weighted by Crippen LogP contribution is 2.11. The molecule has 0 fully saturated rings. The van der Waals surface area contributed by atoms with Crippen LogP contribution in [0.1, 0.15) is 25.3 Å². The molecule has 1 heterocycles. The van der Waals surface area contributed by atoms with Crippen molar-refractivity contribution in [2.24, 2.45) is 7.05 Å². The topological polar surface area (TPSA) is 43.8 Å². The van der Waals surface area contributed by atoms with Gasteiger partial charge in [-0.05, 0) is 6.42 Å². The van der Waals surface area contributed by atoms with Gasteiger partial charge in [0.15, 0.2) is 0 Å². The van der Waals surface area contributed by atoms with E-state index < -0.39 is 0 Å². The van der Waals surface area contributed by atoms with E-state index in [-0.39, 0.29) is 0 Å². The first-order valence-electron chi connectivity index (χ1n) is 4.19. The van der Waals surface area contributed by atoms with Crippen LogP contribution in [0.4, 0.5) is 5.82 Å². The lowest BCUT2D eigenvalue weighted by molar-refractivity contribution is 0.779. The molecule has 0 aliphatic heterocycles. The molecule has 1 aromatic rings. The third-order valence-electron chi connectivity index (χ3n) is 1.77. The number of hydrogen-bond acceptors (Lipinski definition) is 2. The summed E-state index contributed by atoms with van der Waals surface area (Å²) in [5.41, 5.74) is 6.74. The molecule has 0 atom stereocenters. The Morgan fingerprint density at radius 2 is 2.42 bits per heavy atom. The molecule has 12 heavy (non-hydrogen) atoms. The number of rotatable bonds is 3. The van der Waals surface area contributed by atoms with E-state index in [1.165, 1.54) is 0 Å². The van der Waals surface area contributed by atoms with E-state index in [9.17, 15) is 0 Å². The van der Waals surface area contributed by atoms with Crippen molar-refractivity contribution >= 4 is 11.9 Å². The molecular formula is C9H15N3. The van der Waals surface area contributed by atoms with E-state index in [0.29, 0.717) is 0 Å². The van der Waals surface area contributed by atoms with Crippen molar-refractivity contribution < 1.29 is 0 Å². The lowest BCUT2D eigenvalue weighted by atomic mass is 10.2. The fourth-order valence-corrected chi connectivity index (χ4v) is 0.969. The highest BCUT2D eigenvalue weighted by Gasteiger charge is 1.98. The van der Waals surface area contributed by atoms with Gasteiger partial charge in [0.05, 0.1) is 6.20 Å². The van der Waals surface area contributed by atoms with Crippen molar-refractivity contribution in [3.8, 4) is 0 Å². The zero-order chi connectivity index (χ0) is 8.97. The van der Waals surface area contributed by atoms with Crippen LogP contribution in [0.25, 0.3) is 6.08 Å². The number of aromatic nitrogens is 2. The predicted octanol–water partition coefficient (Wildman–Crippen LogP) is 1.82. The Labute approximate surface area is 72.9 Å². The Bertz CT molecular complexity index is 273. The first-order chi connectivity index (χ1) is 5.75. The number of nitrogen functional groups attached to an aromatic ring is 1. The molecule has 0 saturated carbocycles. The van der Waals surface area contributed by atoms with Crippen LogP contribution in [0.5, 0.6) is 0 Å². The van der Waals surface area contributed by atoms with Gasteiger partial charge < -0.3 is 5.73 Å². The standard InChI is InChI=1S/C9H15N3/c1-3-4-5-6-8-7-11-12(2)9(8)10/h5-7H,3-4,10H2,1-2H3. The molecule has 0 aliphatic carbocycles. The molecule has 2 N–H and O–H groups in total. The van der Waals surface area contributed by atoms with E-state index in [2.05, 4.69) is 18.1 Å². The van der Waals surface area contributed by atoms with E-state index in [0.717, 1.165) is 24.2 Å². The molecule has 3 heteroatoms. The van der Waals surface area contributed by atoms with Gasteiger partial charge in [0.1, 0.15) is 5.82 Å². The molecule has 0 spiro atoms. The van der Waals surface area contributed by atoms with E-state index in [1.807, 2.05) is 13.1 Å². The van der Waals surface area contributed by atoms with Crippen LogP contribution in [-0.2, 0) is 7.05 Å². The molecule has 0 aromatic carbocycles. The first kappa shape index (κ1) is 8.84. The number of unbranched alkanes of at least 4 members (excludes halogenated alkanes) is 1. The second-order valence-electron chi connectivity index (χ2n) is 2.80. The maximum Gasteiger partial charge on any atom is 0.128 e. The van der Waals surface area contributed by atoms with Gasteiger partial charge >= 0.3 is 0 Å². The van der Waals surface area contributed by atoms with Crippen LogP contribution in [-0.4, -0.2) is 9.78 Å². The van der Waals surface area contributed by atoms with E-state index >= 15 is 0 Å². The highest BCUT2D eigenvalue weighted by atomic mass is 15.3. The van der Waals surface area contributed by atoms with Crippen LogP contribution in [0.2, 0.25) is 0 Å². The zero-order valence-electron chi connectivity index (χ0n) is 7.62. The molecule has 66 valence electrons. The van der Waals surface area contributed by atoms with Crippen LogP contribution in [0.3, 0.4) is 0 Å². The molecule has 0 bridgehead atoms. The summed E-state index contributed by atoms with van der Waals surface area (Å²) >= 11 is 0. The Hall–Kier alpha value is -1.25. The Balaban J connectivity index is 2.69. The van der Waals surface area contributed by atoms with Gasteiger partial charge in [-0.25, -0.2) is 0 Å². The van der Waals surface area contributed by atoms with Crippen molar-refractivity contribution in [1.82, 2.24) is 9.78 Å². The summed E-state index contributed by atoms with van der Waals surface area (Å²) in [5, 5.41) is 4.04. The summed E-state index contributed by atoms with van der Waals surface area (Å²) < 4.78 is 1.67. The molecule has 0 saturated heterocycles. The van der Waals surface area contributed by atoms with E-state index in [1.54, 1.807) is 10.9 Å². The Morgan fingerprint density at radius 1 is 1.67 bits per heavy atom. The van der Waals surface area contributed by atoms with Crippen LogP contribution >= 0.6 is 0 Å². The summed E-state index contributed by atoms with van der Waals surface area (Å²) in [6.45, 7) is 2.15. The van der Waals surface area contributed by atoms with Crippen molar-refractivity contribution in [3.05, 3.63) is 17.8 Å². The zero-order valence-corrected chi connectivity index (χ0v) is 7.62. The molecule has 3 nitrogen and oxygen atoms in total. The van der Waals surface area contributed by atoms with Gasteiger partial charge in [0.2, 0.25) is 0 Å². The lowest BCUT2D eigenvalue weighted by Gasteiger charge is -1.93. The van der Waals surface area contributed by atoms with Crippen molar-refractivity contribution in [3.63, 3.8) is 0 Å². The summed E-state index contributed by atoms with van der Waals surface area (Å²) in [4.78, 5) is 0. The Kier molecular flexibility index (Phi) is 2.91. The van der Waals surface area contributed by atoms with Gasteiger partial charge in [0, 0.05) is 12.6 Å². The first-order valence-corrected chi connectivity index (χ1v) is 4.19. The van der Waals surface area contributed by atoms with Gasteiger partial charge in [-0.1, -0.05) is 25.5 Å². The van der Waals surface area contributed by atoms with Crippen molar-refractivity contribution in [2.45, 2.75) is 19.8 Å². The smallest absolute Gasteiger partial charge is 0.128 e. The van der Waals surface area contributed by atoms with Crippen LogP contribution < -0.4 is 5.73 Å². The van der Waals surface area contributed by atoms with Crippen LogP contribution in [0, 0.1) is 0 Å². The minimum absolute atomic E-state index is 0.724. The number of aryl methyl sites for hydroxylation is 1. The Morgan fingerprint density at radius 3 is 2.92 bits per heavy atom.